The average molecular weight is 294 g/mol. The summed E-state index contributed by atoms with van der Waals surface area (Å²) in [5.41, 5.74) is 5.82. The van der Waals surface area contributed by atoms with Gasteiger partial charge in [0, 0.05) is 5.56 Å². The summed E-state index contributed by atoms with van der Waals surface area (Å²) in [6.45, 7) is 1.96. The minimum absolute atomic E-state index is 0.119. The Morgan fingerprint density at radius 2 is 2.14 bits per heavy atom. The zero-order valence-electron chi connectivity index (χ0n) is 11.5. The quantitative estimate of drug-likeness (QED) is 0.891. The Kier molecular flexibility index (Phi) is 4.70. The molecule has 1 amide bonds. The van der Waals surface area contributed by atoms with Crippen molar-refractivity contribution in [3.05, 3.63) is 59.1 Å². The molecule has 1 unspecified atom stereocenters. The molecule has 6 heteroatoms. The van der Waals surface area contributed by atoms with Crippen LogP contribution >= 0.6 is 0 Å². The predicted octanol–water partition coefficient (Wildman–Crippen LogP) is 2.90. The molecule has 2 aromatic rings. The Balaban J connectivity index is 2.18. The Hall–Kier alpha value is -2.21. The fraction of sp³-hybridized carbons (Fsp3) is 0.267. The summed E-state index contributed by atoms with van der Waals surface area (Å²) in [6, 6.07) is 4.07. The maximum Gasteiger partial charge on any atom is 0.255 e. The van der Waals surface area contributed by atoms with Crippen molar-refractivity contribution in [3.63, 3.8) is 0 Å². The summed E-state index contributed by atoms with van der Waals surface area (Å²) in [6.07, 6.45) is 1.71. The van der Waals surface area contributed by atoms with Gasteiger partial charge >= 0.3 is 0 Å². The number of hydrogen-bond acceptors (Lipinski definition) is 3. The Morgan fingerprint density at radius 3 is 2.76 bits per heavy atom. The maximum absolute atomic E-state index is 13.8. The molecule has 0 bridgehead atoms. The summed E-state index contributed by atoms with van der Waals surface area (Å²) < 4.78 is 32.1. The Morgan fingerprint density at radius 1 is 1.38 bits per heavy atom. The molecule has 4 nitrogen and oxygen atoms in total. The van der Waals surface area contributed by atoms with Crippen molar-refractivity contribution in [3.8, 4) is 0 Å². The van der Waals surface area contributed by atoms with Crippen LogP contribution in [-0.4, -0.2) is 5.91 Å². The lowest BCUT2D eigenvalue weighted by atomic mass is 10.0. The number of benzene rings is 1. The molecule has 0 aliphatic heterocycles. The summed E-state index contributed by atoms with van der Waals surface area (Å²) in [5, 5.41) is 2.66. The molecule has 1 atom stereocenters. The zero-order chi connectivity index (χ0) is 15.4. The van der Waals surface area contributed by atoms with Gasteiger partial charge in [0.1, 0.15) is 23.7 Å². The van der Waals surface area contributed by atoms with Gasteiger partial charge in [0.05, 0.1) is 18.2 Å². The first-order valence-corrected chi connectivity index (χ1v) is 6.58. The largest absolute Gasteiger partial charge is 0.467 e. The number of halogens is 2. The minimum Gasteiger partial charge on any atom is -0.467 e. The van der Waals surface area contributed by atoms with E-state index in [2.05, 4.69) is 5.32 Å². The number of nitrogens with two attached hydrogens (primary N) is 1. The van der Waals surface area contributed by atoms with Crippen molar-refractivity contribution >= 4 is 5.91 Å². The van der Waals surface area contributed by atoms with Gasteiger partial charge in [0.2, 0.25) is 0 Å². The van der Waals surface area contributed by atoms with Crippen molar-refractivity contribution in [2.45, 2.75) is 25.9 Å². The van der Waals surface area contributed by atoms with E-state index in [-0.39, 0.29) is 12.1 Å². The van der Waals surface area contributed by atoms with E-state index in [1.165, 1.54) is 12.3 Å². The van der Waals surface area contributed by atoms with Crippen LogP contribution in [0, 0.1) is 11.6 Å². The molecule has 0 fully saturated rings. The van der Waals surface area contributed by atoms with Crippen LogP contribution < -0.4 is 11.1 Å². The van der Waals surface area contributed by atoms with Crippen LogP contribution in [0.1, 0.15) is 41.1 Å². The fourth-order valence-electron chi connectivity index (χ4n) is 2.03. The van der Waals surface area contributed by atoms with E-state index in [4.69, 9.17) is 10.2 Å². The number of amides is 1. The minimum atomic E-state index is -0.621. The predicted molar refractivity (Wildman–Crippen MR) is 73.5 cm³/mol. The molecule has 1 aromatic heterocycles. The first-order valence-electron chi connectivity index (χ1n) is 6.58. The van der Waals surface area contributed by atoms with E-state index in [1.54, 1.807) is 6.92 Å². The summed E-state index contributed by atoms with van der Waals surface area (Å²) >= 11 is 0. The second-order valence-corrected chi connectivity index (χ2v) is 4.61. The van der Waals surface area contributed by atoms with Crippen molar-refractivity contribution in [1.29, 1.82) is 0 Å². The lowest BCUT2D eigenvalue weighted by Crippen LogP contribution is -2.28. The van der Waals surface area contributed by atoms with Gasteiger partial charge in [0.15, 0.2) is 0 Å². The molecule has 0 saturated heterocycles. The highest BCUT2D eigenvalue weighted by molar-refractivity contribution is 5.94. The lowest BCUT2D eigenvalue weighted by molar-refractivity contribution is 0.0934. The zero-order valence-corrected chi connectivity index (χ0v) is 11.5. The highest BCUT2D eigenvalue weighted by Crippen LogP contribution is 2.22. The number of carbonyl (C=O) groups excluding carboxylic acids is 1. The summed E-state index contributed by atoms with van der Waals surface area (Å²) in [4.78, 5) is 12.1. The van der Waals surface area contributed by atoms with Crippen LogP contribution in [0.4, 0.5) is 8.78 Å². The van der Waals surface area contributed by atoms with Crippen LogP contribution in [0.5, 0.6) is 0 Å². The van der Waals surface area contributed by atoms with Crippen LogP contribution in [-0.2, 0) is 6.54 Å². The van der Waals surface area contributed by atoms with Crippen molar-refractivity contribution in [2.24, 2.45) is 5.73 Å². The molecular weight excluding hydrogens is 278 g/mol. The van der Waals surface area contributed by atoms with Gasteiger partial charge in [0.25, 0.3) is 5.91 Å². The van der Waals surface area contributed by atoms with E-state index in [0.29, 0.717) is 17.7 Å². The molecule has 2 rings (SSSR count). The number of carbonyl (C=O) groups is 1. The molecule has 21 heavy (non-hydrogen) atoms. The molecular formula is C15H16F2N2O2. The molecule has 0 aliphatic carbocycles. The number of rotatable bonds is 5. The van der Waals surface area contributed by atoms with E-state index < -0.39 is 23.6 Å². The lowest BCUT2D eigenvalue weighted by Gasteiger charge is -2.17. The Bertz CT molecular complexity index is 640. The average Bonchev–Trinajstić information content (AvgIpc) is 2.96. The molecule has 112 valence electrons. The molecule has 0 saturated carbocycles. The van der Waals surface area contributed by atoms with E-state index in [1.807, 2.05) is 0 Å². The van der Waals surface area contributed by atoms with Gasteiger partial charge < -0.3 is 15.5 Å². The number of furan rings is 1. The first-order chi connectivity index (χ1) is 10.0. The second kappa shape index (κ2) is 6.49. The molecule has 0 radical (unpaired) electrons. The smallest absolute Gasteiger partial charge is 0.255 e. The van der Waals surface area contributed by atoms with Crippen LogP contribution in [0.15, 0.2) is 34.9 Å². The standard InChI is InChI=1S/C15H16F2N2O2/c1-2-14(12-6-10(16)3-4-13(12)17)19-15(20)9-5-11(7-18)21-8-9/h3-6,8,14H,2,7,18H2,1H3,(H,19,20). The van der Waals surface area contributed by atoms with Gasteiger partial charge in [-0.2, -0.15) is 0 Å². The van der Waals surface area contributed by atoms with Crippen LogP contribution in [0.3, 0.4) is 0 Å². The first kappa shape index (κ1) is 15.2. The van der Waals surface area contributed by atoms with E-state index >= 15 is 0 Å². The molecule has 3 N–H and O–H groups in total. The maximum atomic E-state index is 13.8. The Labute approximate surface area is 120 Å². The van der Waals surface area contributed by atoms with Crippen molar-refractivity contribution in [1.82, 2.24) is 5.32 Å². The van der Waals surface area contributed by atoms with E-state index in [9.17, 15) is 13.6 Å². The third-order valence-electron chi connectivity index (χ3n) is 3.16. The molecule has 1 aromatic carbocycles. The highest BCUT2D eigenvalue weighted by atomic mass is 19.1. The molecule has 1 heterocycles. The molecule has 0 spiro atoms. The summed E-state index contributed by atoms with van der Waals surface area (Å²) in [7, 11) is 0. The highest BCUT2D eigenvalue weighted by Gasteiger charge is 2.19. The molecule has 0 aliphatic rings. The summed E-state index contributed by atoms with van der Waals surface area (Å²) in [5.74, 6) is -1.05. The van der Waals surface area contributed by atoms with Gasteiger partial charge in [-0.15, -0.1) is 0 Å². The number of nitrogens with one attached hydrogen (secondary N) is 1. The topological polar surface area (TPSA) is 68.3 Å². The van der Waals surface area contributed by atoms with Crippen molar-refractivity contribution < 1.29 is 18.0 Å². The third-order valence-corrected chi connectivity index (χ3v) is 3.16. The van der Waals surface area contributed by atoms with Gasteiger partial charge in [-0.3, -0.25) is 4.79 Å². The van der Waals surface area contributed by atoms with E-state index in [0.717, 1.165) is 18.2 Å². The normalized spacial score (nSPS) is 12.2. The van der Waals surface area contributed by atoms with Gasteiger partial charge in [-0.1, -0.05) is 6.92 Å². The monoisotopic (exact) mass is 294 g/mol. The van der Waals surface area contributed by atoms with Gasteiger partial charge in [-0.25, -0.2) is 8.78 Å². The second-order valence-electron chi connectivity index (χ2n) is 4.61. The fourth-order valence-corrected chi connectivity index (χ4v) is 2.03. The van der Waals surface area contributed by atoms with Gasteiger partial charge in [-0.05, 0) is 30.7 Å². The van der Waals surface area contributed by atoms with Crippen molar-refractivity contribution in [2.75, 3.05) is 0 Å². The third kappa shape index (κ3) is 3.46. The SMILES string of the molecule is CCC(NC(=O)c1coc(CN)c1)c1cc(F)ccc1F. The van der Waals surface area contributed by atoms with Crippen LogP contribution in [0.2, 0.25) is 0 Å². The van der Waals surface area contributed by atoms with Crippen LogP contribution in [0.25, 0.3) is 0 Å². The number of hydrogen-bond donors (Lipinski definition) is 2.